The van der Waals surface area contributed by atoms with E-state index in [9.17, 15) is 9.90 Å². The lowest BCUT2D eigenvalue weighted by Crippen LogP contribution is -2.42. The maximum atomic E-state index is 12.3. The van der Waals surface area contributed by atoms with Crippen molar-refractivity contribution in [3.05, 3.63) is 29.2 Å². The Hall–Kier alpha value is -1.95. The number of aromatic nitrogens is 3. The third-order valence-electron chi connectivity index (χ3n) is 3.92. The monoisotopic (exact) mass is 290 g/mol. The summed E-state index contributed by atoms with van der Waals surface area (Å²) in [5.41, 5.74) is 1.87. The Morgan fingerprint density at radius 2 is 2.05 bits per heavy atom. The van der Waals surface area contributed by atoms with E-state index in [1.165, 1.54) is 6.20 Å². The first-order chi connectivity index (χ1) is 9.90. The molecule has 6 nitrogen and oxygen atoms in total. The normalized spacial score (nSPS) is 11.9. The van der Waals surface area contributed by atoms with E-state index in [-0.39, 0.29) is 12.5 Å². The van der Waals surface area contributed by atoms with Gasteiger partial charge in [-0.2, -0.15) is 5.10 Å². The maximum absolute atomic E-state index is 12.3. The van der Waals surface area contributed by atoms with Crippen LogP contribution in [-0.4, -0.2) is 37.8 Å². The second-order valence-electron chi connectivity index (χ2n) is 5.45. The zero-order chi connectivity index (χ0) is 15.6. The number of hydrogen-bond donors (Lipinski definition) is 2. The van der Waals surface area contributed by atoms with Gasteiger partial charge in [-0.1, -0.05) is 13.8 Å². The third kappa shape index (κ3) is 3.05. The molecule has 6 heteroatoms. The van der Waals surface area contributed by atoms with E-state index in [0.29, 0.717) is 24.1 Å². The Kier molecular flexibility index (Phi) is 4.27. The van der Waals surface area contributed by atoms with Gasteiger partial charge in [0.05, 0.1) is 11.8 Å². The van der Waals surface area contributed by atoms with E-state index in [2.05, 4.69) is 15.4 Å². The van der Waals surface area contributed by atoms with Crippen LogP contribution in [0.25, 0.3) is 5.65 Å². The number of carbonyl (C=O) groups excluding carboxylic acids is 1. The highest BCUT2D eigenvalue weighted by Crippen LogP contribution is 2.15. The Bertz CT molecular complexity index is 659. The first-order valence-corrected chi connectivity index (χ1v) is 7.22. The predicted molar refractivity (Wildman–Crippen MR) is 80.3 cm³/mol. The van der Waals surface area contributed by atoms with Crippen molar-refractivity contribution >= 4 is 11.6 Å². The molecule has 0 saturated heterocycles. The zero-order valence-corrected chi connectivity index (χ0v) is 13.0. The SMILES string of the molecule is CCC(O)(CC)CNC(=O)c1cnn2c(C)cc(C)nc12. The van der Waals surface area contributed by atoms with E-state index in [0.717, 1.165) is 11.4 Å². The number of amides is 1. The fraction of sp³-hybridized carbons (Fsp3) is 0.533. The van der Waals surface area contributed by atoms with Gasteiger partial charge in [-0.05, 0) is 32.8 Å². The summed E-state index contributed by atoms with van der Waals surface area (Å²) < 4.78 is 1.65. The van der Waals surface area contributed by atoms with Gasteiger partial charge in [0.25, 0.3) is 5.91 Å². The molecule has 2 rings (SSSR count). The van der Waals surface area contributed by atoms with Crippen molar-refractivity contribution in [2.75, 3.05) is 6.54 Å². The number of nitrogens with zero attached hydrogens (tertiary/aromatic N) is 3. The number of aliphatic hydroxyl groups is 1. The smallest absolute Gasteiger partial charge is 0.256 e. The minimum atomic E-state index is -0.863. The topological polar surface area (TPSA) is 79.5 Å². The third-order valence-corrected chi connectivity index (χ3v) is 3.92. The molecule has 0 aliphatic heterocycles. The first kappa shape index (κ1) is 15.4. The summed E-state index contributed by atoms with van der Waals surface area (Å²) in [4.78, 5) is 16.7. The van der Waals surface area contributed by atoms with Gasteiger partial charge in [0, 0.05) is 17.9 Å². The van der Waals surface area contributed by atoms with Crippen LogP contribution in [0.3, 0.4) is 0 Å². The lowest BCUT2D eigenvalue weighted by Gasteiger charge is -2.25. The molecule has 0 radical (unpaired) electrons. The van der Waals surface area contributed by atoms with Crippen molar-refractivity contribution in [1.82, 2.24) is 19.9 Å². The molecule has 1 amide bonds. The number of hydrogen-bond acceptors (Lipinski definition) is 4. The van der Waals surface area contributed by atoms with Crippen LogP contribution in [0.5, 0.6) is 0 Å². The molecule has 0 saturated carbocycles. The van der Waals surface area contributed by atoms with E-state index >= 15 is 0 Å². The van der Waals surface area contributed by atoms with Gasteiger partial charge in [0.1, 0.15) is 5.56 Å². The maximum Gasteiger partial charge on any atom is 0.256 e. The van der Waals surface area contributed by atoms with Gasteiger partial charge in [-0.3, -0.25) is 4.79 Å². The van der Waals surface area contributed by atoms with E-state index < -0.39 is 5.60 Å². The predicted octanol–water partition coefficient (Wildman–Crippen LogP) is 1.63. The molecule has 0 unspecified atom stereocenters. The van der Waals surface area contributed by atoms with Gasteiger partial charge in [0.15, 0.2) is 5.65 Å². The summed E-state index contributed by atoms with van der Waals surface area (Å²) in [6.45, 7) is 7.83. The standard InChI is InChI=1S/C15H22N4O2/c1-5-15(21,6-2)9-16-14(20)12-8-17-19-11(4)7-10(3)18-13(12)19/h7-8,21H,5-6,9H2,1-4H3,(H,16,20). The summed E-state index contributed by atoms with van der Waals surface area (Å²) in [5, 5.41) is 17.2. The molecule has 0 bridgehead atoms. The summed E-state index contributed by atoms with van der Waals surface area (Å²) in [7, 11) is 0. The molecular formula is C15H22N4O2. The summed E-state index contributed by atoms with van der Waals surface area (Å²) in [5.74, 6) is -0.261. The first-order valence-electron chi connectivity index (χ1n) is 7.22. The van der Waals surface area contributed by atoms with Crippen LogP contribution in [0.15, 0.2) is 12.3 Å². The summed E-state index contributed by atoms with van der Waals surface area (Å²) >= 11 is 0. The van der Waals surface area contributed by atoms with Crippen LogP contribution < -0.4 is 5.32 Å². The van der Waals surface area contributed by atoms with Gasteiger partial charge in [-0.15, -0.1) is 0 Å². The Morgan fingerprint density at radius 3 is 2.67 bits per heavy atom. The van der Waals surface area contributed by atoms with Crippen molar-refractivity contribution in [2.45, 2.75) is 46.1 Å². The molecular weight excluding hydrogens is 268 g/mol. The largest absolute Gasteiger partial charge is 0.388 e. The molecule has 2 aromatic rings. The summed E-state index contributed by atoms with van der Waals surface area (Å²) in [6, 6.07) is 1.91. The molecule has 2 aromatic heterocycles. The van der Waals surface area contributed by atoms with Crippen molar-refractivity contribution in [3.8, 4) is 0 Å². The number of fused-ring (bicyclic) bond motifs is 1. The van der Waals surface area contributed by atoms with E-state index in [1.54, 1.807) is 4.52 Å². The van der Waals surface area contributed by atoms with Gasteiger partial charge < -0.3 is 10.4 Å². The molecule has 2 heterocycles. The molecule has 2 N–H and O–H groups in total. The van der Waals surface area contributed by atoms with Crippen LogP contribution in [0, 0.1) is 13.8 Å². The van der Waals surface area contributed by atoms with Crippen LogP contribution in [0.4, 0.5) is 0 Å². The molecule has 0 aliphatic carbocycles. The van der Waals surface area contributed by atoms with Gasteiger partial charge in [-0.25, -0.2) is 9.50 Å². The highest BCUT2D eigenvalue weighted by Gasteiger charge is 2.24. The summed E-state index contributed by atoms with van der Waals surface area (Å²) in [6.07, 6.45) is 2.70. The number of carbonyl (C=O) groups is 1. The zero-order valence-electron chi connectivity index (χ0n) is 13.0. The Morgan fingerprint density at radius 1 is 1.38 bits per heavy atom. The molecule has 114 valence electrons. The highest BCUT2D eigenvalue weighted by atomic mass is 16.3. The van der Waals surface area contributed by atoms with Crippen molar-refractivity contribution in [2.24, 2.45) is 0 Å². The molecule has 0 spiro atoms. The molecule has 21 heavy (non-hydrogen) atoms. The molecule has 0 aromatic carbocycles. The van der Waals surface area contributed by atoms with Gasteiger partial charge in [0.2, 0.25) is 0 Å². The number of nitrogens with one attached hydrogen (secondary N) is 1. The molecule has 0 atom stereocenters. The number of rotatable bonds is 5. The Labute approximate surface area is 124 Å². The minimum absolute atomic E-state index is 0.223. The quantitative estimate of drug-likeness (QED) is 0.877. The lowest BCUT2D eigenvalue weighted by atomic mass is 9.97. The van der Waals surface area contributed by atoms with E-state index in [4.69, 9.17) is 0 Å². The van der Waals surface area contributed by atoms with Crippen molar-refractivity contribution in [1.29, 1.82) is 0 Å². The van der Waals surface area contributed by atoms with Gasteiger partial charge >= 0.3 is 0 Å². The van der Waals surface area contributed by atoms with E-state index in [1.807, 2.05) is 33.8 Å². The van der Waals surface area contributed by atoms with Crippen molar-refractivity contribution < 1.29 is 9.90 Å². The van der Waals surface area contributed by atoms with Crippen LogP contribution in [0.2, 0.25) is 0 Å². The lowest BCUT2D eigenvalue weighted by molar-refractivity contribution is 0.0314. The second-order valence-corrected chi connectivity index (χ2v) is 5.45. The highest BCUT2D eigenvalue weighted by molar-refractivity contribution is 5.99. The molecule has 0 aliphatic rings. The fourth-order valence-corrected chi connectivity index (χ4v) is 2.27. The Balaban J connectivity index is 2.24. The average molecular weight is 290 g/mol. The van der Waals surface area contributed by atoms with Crippen molar-refractivity contribution in [3.63, 3.8) is 0 Å². The van der Waals surface area contributed by atoms with Crippen LogP contribution in [-0.2, 0) is 0 Å². The average Bonchev–Trinajstić information content (AvgIpc) is 2.88. The second kappa shape index (κ2) is 5.81. The number of aryl methyl sites for hydroxylation is 2. The van der Waals surface area contributed by atoms with Crippen LogP contribution in [0.1, 0.15) is 48.4 Å². The molecule has 0 fully saturated rings. The van der Waals surface area contributed by atoms with Crippen LogP contribution >= 0.6 is 0 Å². The fourth-order valence-electron chi connectivity index (χ4n) is 2.27. The minimum Gasteiger partial charge on any atom is -0.388 e.